The van der Waals surface area contributed by atoms with Crippen LogP contribution < -0.4 is 21.3 Å². The van der Waals surface area contributed by atoms with Crippen LogP contribution in [0.2, 0.25) is 0 Å². The Morgan fingerprint density at radius 2 is 1.69 bits per heavy atom. The summed E-state index contributed by atoms with van der Waals surface area (Å²) in [6.07, 6.45) is -5.98. The van der Waals surface area contributed by atoms with Crippen LogP contribution in [-0.2, 0) is 30.2 Å². The summed E-state index contributed by atoms with van der Waals surface area (Å²) in [5, 5.41) is 7.56. The molecule has 0 saturated carbocycles. The molecule has 1 saturated heterocycles. The first-order valence-electron chi connectivity index (χ1n) is 11.3. The molecule has 17 heteroatoms. The molecule has 1 fully saturated rings. The number of halogens is 6. The smallest absolute Gasteiger partial charge is 0.381 e. The maximum absolute atomic E-state index is 13.2. The Bertz CT molecular complexity index is 1450. The fraction of sp³-hybridized carbons (Fsp3) is 0.364. The van der Waals surface area contributed by atoms with Gasteiger partial charge in [-0.2, -0.15) is 31.4 Å². The number of piperazine rings is 1. The van der Waals surface area contributed by atoms with Gasteiger partial charge in [0.25, 0.3) is 11.1 Å². The minimum absolute atomic E-state index is 0.0325. The number of hydrogen-bond acceptors (Lipinski definition) is 8. The van der Waals surface area contributed by atoms with E-state index >= 15 is 0 Å². The van der Waals surface area contributed by atoms with Crippen LogP contribution in [0.25, 0.3) is 0 Å². The molecule has 11 nitrogen and oxygen atoms in total. The molecule has 1 aliphatic heterocycles. The van der Waals surface area contributed by atoms with Gasteiger partial charge in [0.15, 0.2) is 0 Å². The summed E-state index contributed by atoms with van der Waals surface area (Å²) in [5.41, 5.74) is -4.60. The first-order valence-corrected chi connectivity index (χ1v) is 11.3. The van der Waals surface area contributed by atoms with E-state index in [1.165, 1.54) is 26.6 Å². The van der Waals surface area contributed by atoms with Gasteiger partial charge in [0.1, 0.15) is 12.1 Å². The average molecular weight is 558 g/mol. The largest absolute Gasteiger partial charge is 0.423 e. The molecule has 4 heterocycles. The zero-order valence-electron chi connectivity index (χ0n) is 19.9. The Morgan fingerprint density at radius 1 is 0.974 bits per heavy atom. The van der Waals surface area contributed by atoms with Gasteiger partial charge in [-0.25, -0.2) is 15.1 Å². The third-order valence-corrected chi connectivity index (χ3v) is 5.84. The highest BCUT2D eigenvalue weighted by molar-refractivity contribution is 5.82. The molecule has 0 aromatic carbocycles. The molecule has 2 N–H and O–H groups in total. The minimum Gasteiger partial charge on any atom is -0.381 e. The Balaban J connectivity index is 1.38. The molecule has 0 bridgehead atoms. The lowest BCUT2D eigenvalue weighted by Crippen LogP contribution is -2.51. The molecule has 0 atom stereocenters. The van der Waals surface area contributed by atoms with E-state index in [0.717, 1.165) is 6.20 Å². The number of pyridine rings is 1. The van der Waals surface area contributed by atoms with Crippen molar-refractivity contribution in [3.63, 3.8) is 0 Å². The van der Waals surface area contributed by atoms with Crippen LogP contribution in [0.4, 0.5) is 38.0 Å². The quantitative estimate of drug-likeness (QED) is 0.420. The van der Waals surface area contributed by atoms with Gasteiger partial charge in [-0.1, -0.05) is 6.07 Å². The second kappa shape index (κ2) is 10.7. The monoisotopic (exact) mass is 558 g/mol. The molecular formula is C22H20F6N8O3. The number of nitrogens with one attached hydrogen (secondary N) is 2. The van der Waals surface area contributed by atoms with Crippen LogP contribution in [0.1, 0.15) is 16.7 Å². The third-order valence-electron chi connectivity index (χ3n) is 5.84. The Morgan fingerprint density at radius 3 is 2.33 bits per heavy atom. The highest BCUT2D eigenvalue weighted by atomic mass is 19.4. The Kier molecular flexibility index (Phi) is 7.60. The lowest BCUT2D eigenvalue weighted by atomic mass is 10.2. The van der Waals surface area contributed by atoms with E-state index in [9.17, 15) is 40.7 Å². The van der Waals surface area contributed by atoms with E-state index in [1.54, 1.807) is 11.2 Å². The number of alkyl halides is 6. The first-order chi connectivity index (χ1) is 18.3. The predicted octanol–water partition coefficient (Wildman–Crippen LogP) is 1.72. The van der Waals surface area contributed by atoms with E-state index in [1.807, 2.05) is 0 Å². The van der Waals surface area contributed by atoms with Crippen LogP contribution in [-0.4, -0.2) is 61.7 Å². The molecule has 1 aliphatic rings. The highest BCUT2D eigenvalue weighted by Crippen LogP contribution is 2.31. The molecule has 208 valence electrons. The topological polar surface area (TPSA) is 129 Å². The first kappa shape index (κ1) is 27.6. The summed E-state index contributed by atoms with van der Waals surface area (Å²) >= 11 is 0. The number of aromatic nitrogens is 5. The van der Waals surface area contributed by atoms with Crippen molar-refractivity contribution in [1.29, 1.82) is 0 Å². The van der Waals surface area contributed by atoms with Crippen molar-refractivity contribution in [1.82, 2.24) is 29.6 Å². The fourth-order valence-electron chi connectivity index (χ4n) is 3.89. The van der Waals surface area contributed by atoms with Gasteiger partial charge < -0.3 is 19.7 Å². The van der Waals surface area contributed by atoms with Gasteiger partial charge in [-0.15, -0.1) is 0 Å². The molecule has 1 amide bonds. The zero-order valence-corrected chi connectivity index (χ0v) is 19.9. The summed E-state index contributed by atoms with van der Waals surface area (Å²) in [6.45, 7) is -0.0826. The van der Waals surface area contributed by atoms with Gasteiger partial charge in [-0.05, 0) is 6.07 Å². The van der Waals surface area contributed by atoms with E-state index < -0.39 is 46.2 Å². The third kappa shape index (κ3) is 6.35. The van der Waals surface area contributed by atoms with Gasteiger partial charge in [-0.3, -0.25) is 14.4 Å². The molecule has 0 radical (unpaired) electrons. The molecule has 0 aliphatic carbocycles. The lowest BCUT2D eigenvalue weighted by molar-refractivity contribution is -0.139. The zero-order chi connectivity index (χ0) is 28.4. The summed E-state index contributed by atoms with van der Waals surface area (Å²) in [6, 6.07) is 3.05. The summed E-state index contributed by atoms with van der Waals surface area (Å²) in [4.78, 5) is 47.4. The standard InChI is InChI=1S/C22H20F6N8O3/c23-21(24,25)14-8-30-20(31-9-14)36-7-6-35(16(37)12-36)11-13-2-1-4-34(19(13)39)5-3-29-15-10-32-33-18(38)17(15)22(26,27)28/h1-2,4,8-10H,3,5-7,11-12H2,(H2,29,33,38). The Labute approximate surface area is 215 Å². The van der Waals surface area contributed by atoms with E-state index in [2.05, 4.69) is 20.4 Å². The number of anilines is 2. The van der Waals surface area contributed by atoms with Crippen molar-refractivity contribution < 1.29 is 31.1 Å². The van der Waals surface area contributed by atoms with Gasteiger partial charge in [0.05, 0.1) is 24.0 Å². The van der Waals surface area contributed by atoms with E-state index in [-0.39, 0.29) is 50.8 Å². The van der Waals surface area contributed by atoms with E-state index in [4.69, 9.17) is 0 Å². The van der Waals surface area contributed by atoms with Crippen molar-refractivity contribution in [3.8, 4) is 0 Å². The number of amides is 1. The van der Waals surface area contributed by atoms with Crippen molar-refractivity contribution in [2.75, 3.05) is 36.4 Å². The van der Waals surface area contributed by atoms with Gasteiger partial charge in [0, 0.05) is 50.3 Å². The molecule has 3 aromatic rings. The van der Waals surface area contributed by atoms with Crippen molar-refractivity contribution in [2.45, 2.75) is 25.4 Å². The second-order valence-corrected chi connectivity index (χ2v) is 8.45. The number of hydrogen-bond donors (Lipinski definition) is 2. The molecule has 3 aromatic heterocycles. The van der Waals surface area contributed by atoms with Crippen molar-refractivity contribution in [3.05, 3.63) is 74.3 Å². The highest BCUT2D eigenvalue weighted by Gasteiger charge is 2.37. The Hall–Kier alpha value is -4.44. The fourth-order valence-corrected chi connectivity index (χ4v) is 3.89. The lowest BCUT2D eigenvalue weighted by Gasteiger charge is -2.34. The van der Waals surface area contributed by atoms with Crippen molar-refractivity contribution >= 4 is 17.5 Å². The predicted molar refractivity (Wildman–Crippen MR) is 124 cm³/mol. The van der Waals surface area contributed by atoms with Crippen LogP contribution in [0.3, 0.4) is 0 Å². The number of carbonyl (C=O) groups is 1. The van der Waals surface area contributed by atoms with Crippen molar-refractivity contribution in [2.24, 2.45) is 0 Å². The molecule has 0 spiro atoms. The molecule has 39 heavy (non-hydrogen) atoms. The summed E-state index contributed by atoms with van der Waals surface area (Å²) in [5.74, 6) is -0.433. The molecule has 4 rings (SSSR count). The number of H-pyrrole nitrogens is 1. The summed E-state index contributed by atoms with van der Waals surface area (Å²) < 4.78 is 79.0. The number of nitrogens with zero attached hydrogens (tertiary/aromatic N) is 6. The van der Waals surface area contributed by atoms with Crippen LogP contribution in [0.15, 0.2) is 46.5 Å². The summed E-state index contributed by atoms with van der Waals surface area (Å²) in [7, 11) is 0. The minimum atomic E-state index is -4.91. The average Bonchev–Trinajstić information content (AvgIpc) is 2.86. The maximum atomic E-state index is 13.2. The van der Waals surface area contributed by atoms with E-state index in [0.29, 0.717) is 12.4 Å². The van der Waals surface area contributed by atoms with Crippen LogP contribution in [0, 0.1) is 0 Å². The van der Waals surface area contributed by atoms with Crippen LogP contribution >= 0.6 is 0 Å². The molecular weight excluding hydrogens is 538 g/mol. The van der Waals surface area contributed by atoms with Gasteiger partial charge in [0.2, 0.25) is 11.9 Å². The maximum Gasteiger partial charge on any atom is 0.423 e. The normalized spacial score (nSPS) is 14.6. The number of aromatic amines is 1. The second-order valence-electron chi connectivity index (χ2n) is 8.45. The SMILES string of the molecule is O=C1CN(c2ncc(C(F)(F)F)cn2)CCN1Cc1cccn(CCNc2cn[nH]c(=O)c2C(F)(F)F)c1=O. The number of rotatable bonds is 7. The van der Waals surface area contributed by atoms with Crippen LogP contribution in [0.5, 0.6) is 0 Å². The van der Waals surface area contributed by atoms with Gasteiger partial charge >= 0.3 is 12.4 Å². The molecule has 0 unspecified atom stereocenters. The number of carbonyl (C=O) groups excluding carboxylic acids is 1.